The summed E-state index contributed by atoms with van der Waals surface area (Å²) in [7, 11) is 3.52. The molecule has 0 aromatic heterocycles. The van der Waals surface area contributed by atoms with E-state index in [1.54, 1.807) is 25.9 Å². The molecular weight excluding hydrogens is 342 g/mol. The summed E-state index contributed by atoms with van der Waals surface area (Å²) in [6.45, 7) is 4.32. The fraction of sp³-hybridized carbons (Fsp3) is 0.333. The molecule has 1 aliphatic heterocycles. The fourth-order valence-electron chi connectivity index (χ4n) is 3.34. The molecule has 6 nitrogen and oxygen atoms in total. The number of carbonyl (C=O) groups excluding carboxylic acids is 2. The second-order valence-corrected chi connectivity index (χ2v) is 7.28. The van der Waals surface area contributed by atoms with E-state index in [4.69, 9.17) is 4.74 Å². The van der Waals surface area contributed by atoms with Crippen molar-refractivity contribution >= 4 is 23.2 Å². The first-order chi connectivity index (χ1) is 12.8. The number of para-hydroxylation sites is 2. The Morgan fingerprint density at radius 3 is 2.67 bits per heavy atom. The molecule has 1 heterocycles. The number of hydrogen-bond acceptors (Lipinski definition) is 4. The van der Waals surface area contributed by atoms with Gasteiger partial charge in [0.15, 0.2) is 0 Å². The van der Waals surface area contributed by atoms with Gasteiger partial charge in [0.1, 0.15) is 11.3 Å². The number of amides is 2. The Labute approximate surface area is 159 Å². The van der Waals surface area contributed by atoms with Crippen LogP contribution in [0.4, 0.5) is 11.4 Å². The van der Waals surface area contributed by atoms with Crippen LogP contribution in [0.1, 0.15) is 19.4 Å². The van der Waals surface area contributed by atoms with Gasteiger partial charge in [-0.25, -0.2) is 0 Å². The molecule has 0 aliphatic carbocycles. The average Bonchev–Trinajstić information content (AvgIpc) is 2.62. The second-order valence-electron chi connectivity index (χ2n) is 7.28. The summed E-state index contributed by atoms with van der Waals surface area (Å²) in [5.74, 6) is 0.479. The minimum atomic E-state index is -0.956. The lowest BCUT2D eigenvalue weighted by Crippen LogP contribution is -2.60. The first kappa shape index (κ1) is 18.9. The van der Waals surface area contributed by atoms with Crippen molar-refractivity contribution in [3.63, 3.8) is 0 Å². The van der Waals surface area contributed by atoms with Crippen LogP contribution in [0.3, 0.4) is 0 Å². The zero-order valence-electron chi connectivity index (χ0n) is 16.2. The van der Waals surface area contributed by atoms with E-state index in [9.17, 15) is 9.59 Å². The Morgan fingerprint density at radius 2 is 1.93 bits per heavy atom. The van der Waals surface area contributed by atoms with Crippen molar-refractivity contribution in [2.45, 2.75) is 25.9 Å². The number of methoxy groups -OCH3 is 1. The van der Waals surface area contributed by atoms with Gasteiger partial charge in [0.2, 0.25) is 11.8 Å². The summed E-state index contributed by atoms with van der Waals surface area (Å²) in [6, 6.07) is 15.1. The molecule has 0 atom stereocenters. The minimum Gasteiger partial charge on any atom is -0.497 e. The highest BCUT2D eigenvalue weighted by Crippen LogP contribution is 2.36. The molecule has 0 fully saturated rings. The molecule has 0 unspecified atom stereocenters. The topological polar surface area (TPSA) is 61.9 Å². The maximum atomic E-state index is 13.1. The highest BCUT2D eigenvalue weighted by atomic mass is 16.5. The number of hydrogen-bond donors (Lipinski definition) is 1. The van der Waals surface area contributed by atoms with Gasteiger partial charge < -0.3 is 10.1 Å². The number of benzene rings is 2. The predicted molar refractivity (Wildman–Crippen MR) is 106 cm³/mol. The molecule has 2 aromatic carbocycles. The molecule has 1 aliphatic rings. The monoisotopic (exact) mass is 367 g/mol. The van der Waals surface area contributed by atoms with E-state index in [1.807, 2.05) is 60.5 Å². The lowest BCUT2D eigenvalue weighted by molar-refractivity contribution is -0.127. The van der Waals surface area contributed by atoms with Crippen molar-refractivity contribution in [2.24, 2.45) is 0 Å². The van der Waals surface area contributed by atoms with E-state index in [0.29, 0.717) is 12.2 Å². The van der Waals surface area contributed by atoms with E-state index in [2.05, 4.69) is 5.32 Å². The summed E-state index contributed by atoms with van der Waals surface area (Å²) in [6.07, 6.45) is 0. The molecule has 142 valence electrons. The van der Waals surface area contributed by atoms with Crippen LogP contribution >= 0.6 is 0 Å². The Hall–Kier alpha value is -2.86. The van der Waals surface area contributed by atoms with Crippen molar-refractivity contribution in [2.75, 3.05) is 30.9 Å². The van der Waals surface area contributed by atoms with Crippen molar-refractivity contribution in [1.82, 2.24) is 4.90 Å². The van der Waals surface area contributed by atoms with E-state index < -0.39 is 5.54 Å². The first-order valence-corrected chi connectivity index (χ1v) is 8.88. The number of carbonyl (C=O) groups is 2. The molecule has 0 radical (unpaired) electrons. The van der Waals surface area contributed by atoms with Gasteiger partial charge in [-0.05, 0) is 50.7 Å². The third-order valence-corrected chi connectivity index (χ3v) is 4.75. The van der Waals surface area contributed by atoms with Crippen LogP contribution in [0.25, 0.3) is 0 Å². The fourth-order valence-corrected chi connectivity index (χ4v) is 3.34. The number of nitrogens with one attached hydrogen (secondary N) is 1. The van der Waals surface area contributed by atoms with E-state index in [0.717, 1.165) is 17.0 Å². The van der Waals surface area contributed by atoms with E-state index in [1.165, 1.54) is 0 Å². The molecule has 0 saturated carbocycles. The van der Waals surface area contributed by atoms with E-state index >= 15 is 0 Å². The minimum absolute atomic E-state index is 0.118. The van der Waals surface area contributed by atoms with Gasteiger partial charge in [-0.3, -0.25) is 19.4 Å². The van der Waals surface area contributed by atoms with Gasteiger partial charge in [-0.1, -0.05) is 24.3 Å². The molecule has 6 heteroatoms. The van der Waals surface area contributed by atoms with Gasteiger partial charge in [-0.15, -0.1) is 0 Å². The summed E-state index contributed by atoms with van der Waals surface area (Å²) >= 11 is 0. The van der Waals surface area contributed by atoms with Crippen molar-refractivity contribution in [3.8, 4) is 5.75 Å². The van der Waals surface area contributed by atoms with Crippen LogP contribution in [0.15, 0.2) is 48.5 Å². The highest BCUT2D eigenvalue weighted by molar-refractivity contribution is 6.14. The summed E-state index contributed by atoms with van der Waals surface area (Å²) < 4.78 is 5.25. The number of anilines is 2. The molecule has 3 rings (SSSR count). The summed E-state index contributed by atoms with van der Waals surface area (Å²) in [5.41, 5.74) is 1.48. The maximum absolute atomic E-state index is 13.1. The SMILES string of the molecule is COc1cccc(CN(C)CC(=O)N2c3ccccc3NC(=O)C2(C)C)c1. The van der Waals surface area contributed by atoms with Gasteiger partial charge >= 0.3 is 0 Å². The molecule has 27 heavy (non-hydrogen) atoms. The third-order valence-electron chi connectivity index (χ3n) is 4.75. The molecule has 1 N–H and O–H groups in total. The number of ether oxygens (including phenoxy) is 1. The quantitative estimate of drug-likeness (QED) is 0.883. The number of nitrogens with zero attached hydrogens (tertiary/aromatic N) is 2. The number of fused-ring (bicyclic) bond motifs is 1. The molecular formula is C21H25N3O3. The van der Waals surface area contributed by atoms with Crippen LogP contribution < -0.4 is 15.0 Å². The standard InChI is InChI=1S/C21H25N3O3/c1-21(2)20(26)22-17-10-5-6-11-18(17)24(21)19(25)14-23(3)13-15-8-7-9-16(12-15)27-4/h5-12H,13-14H2,1-4H3,(H,22,26). The molecule has 2 aromatic rings. The number of rotatable bonds is 5. The van der Waals surface area contributed by atoms with Crippen LogP contribution in [-0.4, -0.2) is 43.0 Å². The van der Waals surface area contributed by atoms with Gasteiger partial charge in [0.25, 0.3) is 0 Å². The maximum Gasteiger partial charge on any atom is 0.250 e. The van der Waals surface area contributed by atoms with Gasteiger partial charge in [0, 0.05) is 6.54 Å². The van der Waals surface area contributed by atoms with Gasteiger partial charge in [0.05, 0.1) is 25.0 Å². The van der Waals surface area contributed by atoms with Crippen molar-refractivity contribution in [3.05, 3.63) is 54.1 Å². The van der Waals surface area contributed by atoms with Crippen LogP contribution in [-0.2, 0) is 16.1 Å². The Kier molecular flexibility index (Phi) is 5.19. The zero-order chi connectivity index (χ0) is 19.6. The molecule has 0 saturated heterocycles. The summed E-state index contributed by atoms with van der Waals surface area (Å²) in [5, 5.41) is 2.88. The molecule has 2 amide bonds. The van der Waals surface area contributed by atoms with Crippen molar-refractivity contribution < 1.29 is 14.3 Å². The second kappa shape index (κ2) is 7.40. The third kappa shape index (κ3) is 3.80. The predicted octanol–water partition coefficient (Wildman–Crippen LogP) is 2.89. The van der Waals surface area contributed by atoms with Gasteiger partial charge in [-0.2, -0.15) is 0 Å². The first-order valence-electron chi connectivity index (χ1n) is 8.88. The smallest absolute Gasteiger partial charge is 0.250 e. The lowest BCUT2D eigenvalue weighted by atomic mass is 9.96. The Bertz CT molecular complexity index is 863. The van der Waals surface area contributed by atoms with Crippen molar-refractivity contribution in [1.29, 1.82) is 0 Å². The van der Waals surface area contributed by atoms with Crippen LogP contribution in [0.2, 0.25) is 0 Å². The summed E-state index contributed by atoms with van der Waals surface area (Å²) in [4.78, 5) is 29.2. The van der Waals surface area contributed by atoms with Crippen LogP contribution in [0, 0.1) is 0 Å². The van der Waals surface area contributed by atoms with E-state index in [-0.39, 0.29) is 18.4 Å². The molecule has 0 bridgehead atoms. The zero-order valence-corrected chi connectivity index (χ0v) is 16.2. The number of likely N-dealkylation sites (N-methyl/N-ethyl adjacent to an activating group) is 1. The lowest BCUT2D eigenvalue weighted by Gasteiger charge is -2.42. The average molecular weight is 367 g/mol. The largest absolute Gasteiger partial charge is 0.497 e. The Balaban J connectivity index is 1.79. The highest BCUT2D eigenvalue weighted by Gasteiger charge is 2.43. The normalized spacial score (nSPS) is 15.3. The Morgan fingerprint density at radius 1 is 1.19 bits per heavy atom. The van der Waals surface area contributed by atoms with Crippen LogP contribution in [0.5, 0.6) is 5.75 Å². The molecule has 0 spiro atoms.